The summed E-state index contributed by atoms with van der Waals surface area (Å²) in [6.07, 6.45) is 4.75. The van der Waals surface area contributed by atoms with Gasteiger partial charge in [0.1, 0.15) is 0 Å². The number of hydrogen-bond donors (Lipinski definition) is 1. The number of nitrogens with zero attached hydrogens (tertiary/aromatic N) is 1. The predicted octanol–water partition coefficient (Wildman–Crippen LogP) is 3.70. The molecule has 3 heteroatoms. The van der Waals surface area contributed by atoms with Gasteiger partial charge in [-0.15, -0.1) is 0 Å². The van der Waals surface area contributed by atoms with Gasteiger partial charge in [-0.1, -0.05) is 15.9 Å². The number of rotatable bonds is 1. The third-order valence-corrected chi connectivity index (χ3v) is 4.05. The lowest BCUT2D eigenvalue weighted by molar-refractivity contribution is 0.319. The van der Waals surface area contributed by atoms with Gasteiger partial charge >= 0.3 is 0 Å². The van der Waals surface area contributed by atoms with Crippen LogP contribution in [0.2, 0.25) is 0 Å². The second-order valence-electron chi connectivity index (χ2n) is 4.57. The molecule has 2 nitrogen and oxygen atoms in total. The first-order valence-electron chi connectivity index (χ1n) is 5.72. The van der Waals surface area contributed by atoms with Gasteiger partial charge in [0.05, 0.1) is 0 Å². The zero-order valence-corrected chi connectivity index (χ0v) is 10.9. The molecule has 0 aliphatic carbocycles. The summed E-state index contributed by atoms with van der Waals surface area (Å²) in [5.41, 5.74) is 2.68. The van der Waals surface area contributed by atoms with Crippen molar-refractivity contribution in [3.05, 3.63) is 34.4 Å². The molecule has 2 heterocycles. The van der Waals surface area contributed by atoms with Crippen LogP contribution in [-0.4, -0.2) is 23.5 Å². The number of fused-ring (bicyclic) bond motifs is 1. The van der Waals surface area contributed by atoms with Gasteiger partial charge in [-0.05, 0) is 50.2 Å². The fourth-order valence-electron chi connectivity index (χ4n) is 2.69. The first-order chi connectivity index (χ1) is 7.75. The highest BCUT2D eigenvalue weighted by Gasteiger charge is 2.24. The Morgan fingerprint density at radius 2 is 2.31 bits per heavy atom. The van der Waals surface area contributed by atoms with Crippen LogP contribution in [0.3, 0.4) is 0 Å². The molecule has 84 valence electrons. The predicted molar refractivity (Wildman–Crippen MR) is 70.6 cm³/mol. The van der Waals surface area contributed by atoms with Crippen molar-refractivity contribution in [3.8, 4) is 0 Å². The number of halogens is 1. The maximum absolute atomic E-state index is 3.55. The molecule has 0 amide bonds. The second kappa shape index (κ2) is 3.90. The van der Waals surface area contributed by atoms with E-state index in [1.807, 2.05) is 0 Å². The highest BCUT2D eigenvalue weighted by molar-refractivity contribution is 9.10. The second-order valence-corrected chi connectivity index (χ2v) is 5.49. The normalized spacial score (nSPS) is 22.0. The fourth-order valence-corrected chi connectivity index (χ4v) is 3.05. The molecule has 0 bridgehead atoms. The minimum absolute atomic E-state index is 0.586. The van der Waals surface area contributed by atoms with Gasteiger partial charge in [0, 0.05) is 27.6 Å². The number of aromatic nitrogens is 1. The highest BCUT2D eigenvalue weighted by Crippen LogP contribution is 2.35. The summed E-state index contributed by atoms with van der Waals surface area (Å²) in [4.78, 5) is 5.81. The SMILES string of the molecule is CN1CCCC1c1c[nH]c2ccc(Br)cc12. The quantitative estimate of drug-likeness (QED) is 0.843. The third kappa shape index (κ3) is 1.59. The minimum Gasteiger partial charge on any atom is -0.361 e. The first-order valence-corrected chi connectivity index (χ1v) is 6.52. The Kier molecular flexibility index (Phi) is 2.52. The van der Waals surface area contributed by atoms with E-state index in [1.165, 1.54) is 35.9 Å². The average molecular weight is 279 g/mol. The zero-order chi connectivity index (χ0) is 11.1. The van der Waals surface area contributed by atoms with Crippen LogP contribution in [-0.2, 0) is 0 Å². The molecule has 16 heavy (non-hydrogen) atoms. The lowest BCUT2D eigenvalue weighted by Gasteiger charge is -2.18. The van der Waals surface area contributed by atoms with Crippen LogP contribution in [0.15, 0.2) is 28.9 Å². The van der Waals surface area contributed by atoms with Crippen LogP contribution >= 0.6 is 15.9 Å². The Labute approximate surface area is 104 Å². The Bertz CT molecular complexity index is 518. The van der Waals surface area contributed by atoms with Gasteiger partial charge in [0.2, 0.25) is 0 Å². The number of hydrogen-bond acceptors (Lipinski definition) is 1. The number of H-pyrrole nitrogens is 1. The van der Waals surface area contributed by atoms with Crippen molar-refractivity contribution in [2.24, 2.45) is 0 Å². The summed E-state index contributed by atoms with van der Waals surface area (Å²) in [5.74, 6) is 0. The van der Waals surface area contributed by atoms with E-state index >= 15 is 0 Å². The van der Waals surface area contributed by atoms with Crippen molar-refractivity contribution >= 4 is 26.8 Å². The Hall–Kier alpha value is -0.800. The summed E-state index contributed by atoms with van der Waals surface area (Å²) in [7, 11) is 2.22. The number of nitrogens with one attached hydrogen (secondary N) is 1. The molecule has 1 aromatic heterocycles. The summed E-state index contributed by atoms with van der Waals surface area (Å²) in [6.45, 7) is 1.21. The molecule has 0 spiro atoms. The molecule has 1 N–H and O–H groups in total. The zero-order valence-electron chi connectivity index (χ0n) is 9.33. The molecule has 2 aromatic rings. The van der Waals surface area contributed by atoms with Gasteiger partial charge in [0.25, 0.3) is 0 Å². The average Bonchev–Trinajstić information content (AvgIpc) is 2.83. The van der Waals surface area contributed by atoms with Crippen molar-refractivity contribution < 1.29 is 0 Å². The van der Waals surface area contributed by atoms with Gasteiger partial charge in [-0.3, -0.25) is 4.90 Å². The van der Waals surface area contributed by atoms with Crippen molar-refractivity contribution in [1.29, 1.82) is 0 Å². The largest absolute Gasteiger partial charge is 0.361 e. The van der Waals surface area contributed by atoms with Gasteiger partial charge in [-0.2, -0.15) is 0 Å². The molecular formula is C13H15BrN2. The van der Waals surface area contributed by atoms with Gasteiger partial charge in [0.15, 0.2) is 0 Å². The monoisotopic (exact) mass is 278 g/mol. The summed E-state index contributed by atoms with van der Waals surface area (Å²) >= 11 is 3.55. The van der Waals surface area contributed by atoms with E-state index < -0.39 is 0 Å². The number of aromatic amines is 1. The van der Waals surface area contributed by atoms with Crippen LogP contribution < -0.4 is 0 Å². The topological polar surface area (TPSA) is 19.0 Å². The summed E-state index contributed by atoms with van der Waals surface area (Å²) in [6, 6.07) is 7.02. The van der Waals surface area contributed by atoms with E-state index in [0.717, 1.165) is 4.47 Å². The summed E-state index contributed by atoms with van der Waals surface area (Å²) < 4.78 is 1.15. The summed E-state index contributed by atoms with van der Waals surface area (Å²) in [5, 5.41) is 1.35. The lowest BCUT2D eigenvalue weighted by Crippen LogP contribution is -2.17. The minimum atomic E-state index is 0.586. The molecule has 1 aliphatic rings. The maximum Gasteiger partial charge on any atom is 0.0458 e. The fraction of sp³-hybridized carbons (Fsp3) is 0.385. The van der Waals surface area contributed by atoms with Crippen molar-refractivity contribution in [2.45, 2.75) is 18.9 Å². The molecule has 0 radical (unpaired) electrons. The number of likely N-dealkylation sites (tertiary alicyclic amines) is 1. The molecule has 1 saturated heterocycles. The molecule has 3 rings (SSSR count). The third-order valence-electron chi connectivity index (χ3n) is 3.56. The highest BCUT2D eigenvalue weighted by atomic mass is 79.9. The molecule has 1 unspecified atom stereocenters. The Morgan fingerprint density at radius 3 is 3.06 bits per heavy atom. The maximum atomic E-state index is 3.55. The van der Waals surface area contributed by atoms with E-state index in [-0.39, 0.29) is 0 Å². The molecule has 1 aliphatic heterocycles. The standard InChI is InChI=1S/C13H15BrN2/c1-16-6-2-3-13(16)11-8-15-12-5-4-9(14)7-10(11)12/h4-5,7-8,13,15H,2-3,6H2,1H3. The van der Waals surface area contributed by atoms with Crippen LogP contribution in [0.1, 0.15) is 24.4 Å². The molecular weight excluding hydrogens is 264 g/mol. The van der Waals surface area contributed by atoms with E-state index in [0.29, 0.717) is 6.04 Å². The lowest BCUT2D eigenvalue weighted by atomic mass is 10.0. The van der Waals surface area contributed by atoms with E-state index in [4.69, 9.17) is 0 Å². The Balaban J connectivity index is 2.12. The molecule has 1 fully saturated rings. The Morgan fingerprint density at radius 1 is 1.44 bits per heavy atom. The smallest absolute Gasteiger partial charge is 0.0458 e. The van der Waals surface area contributed by atoms with E-state index in [9.17, 15) is 0 Å². The van der Waals surface area contributed by atoms with Crippen molar-refractivity contribution in [1.82, 2.24) is 9.88 Å². The van der Waals surface area contributed by atoms with Crippen LogP contribution in [0.4, 0.5) is 0 Å². The molecule has 0 saturated carbocycles. The van der Waals surface area contributed by atoms with Crippen LogP contribution in [0.5, 0.6) is 0 Å². The van der Waals surface area contributed by atoms with E-state index in [2.05, 4.69) is 57.3 Å². The number of benzene rings is 1. The molecule has 1 atom stereocenters. The van der Waals surface area contributed by atoms with Crippen molar-refractivity contribution in [2.75, 3.05) is 13.6 Å². The van der Waals surface area contributed by atoms with Gasteiger partial charge in [-0.25, -0.2) is 0 Å². The van der Waals surface area contributed by atoms with Gasteiger partial charge < -0.3 is 4.98 Å². The van der Waals surface area contributed by atoms with Crippen molar-refractivity contribution in [3.63, 3.8) is 0 Å². The first kappa shape index (κ1) is 10.4. The molecule has 1 aromatic carbocycles. The van der Waals surface area contributed by atoms with E-state index in [1.54, 1.807) is 0 Å². The van der Waals surface area contributed by atoms with Crippen LogP contribution in [0, 0.1) is 0 Å². The van der Waals surface area contributed by atoms with Crippen LogP contribution in [0.25, 0.3) is 10.9 Å².